The minimum Gasteiger partial charge on any atom is -0.468 e. The molecular formula is C23H25N3O4S. The number of anilines is 1. The van der Waals surface area contributed by atoms with Crippen LogP contribution in [-0.4, -0.2) is 46.4 Å². The summed E-state index contributed by atoms with van der Waals surface area (Å²) in [7, 11) is 0.0482. The number of furan rings is 1. The number of nitrogens with zero attached hydrogens (tertiary/aromatic N) is 2. The molecule has 1 amide bonds. The minimum absolute atomic E-state index is 0.104. The first kappa shape index (κ1) is 21.1. The van der Waals surface area contributed by atoms with E-state index in [9.17, 15) is 13.2 Å². The van der Waals surface area contributed by atoms with Gasteiger partial charge in [-0.3, -0.25) is 14.0 Å². The Balaban J connectivity index is 1.52. The van der Waals surface area contributed by atoms with Gasteiger partial charge in [-0.15, -0.1) is 0 Å². The molecule has 1 aliphatic heterocycles. The number of amides is 1. The minimum atomic E-state index is -3.76. The van der Waals surface area contributed by atoms with Gasteiger partial charge < -0.3 is 9.73 Å². The zero-order valence-corrected chi connectivity index (χ0v) is 18.3. The highest BCUT2D eigenvalue weighted by Crippen LogP contribution is 2.32. The molecule has 0 fully saturated rings. The third kappa shape index (κ3) is 4.22. The maximum Gasteiger partial charge on any atom is 0.264 e. The van der Waals surface area contributed by atoms with Gasteiger partial charge in [0.15, 0.2) is 0 Å². The number of nitrogens with one attached hydrogen (secondary N) is 1. The number of fused-ring (bicyclic) bond motifs is 1. The van der Waals surface area contributed by atoms with E-state index in [1.807, 2.05) is 49.3 Å². The summed E-state index contributed by atoms with van der Waals surface area (Å²) in [6.45, 7) is 0.724. The largest absolute Gasteiger partial charge is 0.468 e. The normalized spacial score (nSPS) is 14.5. The number of rotatable bonds is 7. The van der Waals surface area contributed by atoms with Gasteiger partial charge >= 0.3 is 0 Å². The average molecular weight is 440 g/mol. The molecule has 7 nitrogen and oxygen atoms in total. The Labute approximate surface area is 182 Å². The average Bonchev–Trinajstić information content (AvgIpc) is 3.44. The van der Waals surface area contributed by atoms with E-state index in [2.05, 4.69) is 5.32 Å². The van der Waals surface area contributed by atoms with Gasteiger partial charge in [-0.2, -0.15) is 0 Å². The molecule has 0 spiro atoms. The maximum atomic E-state index is 13.3. The number of para-hydroxylation sites is 1. The molecule has 162 valence electrons. The van der Waals surface area contributed by atoms with Gasteiger partial charge in [-0.05, 0) is 62.5 Å². The second-order valence-corrected chi connectivity index (χ2v) is 9.55. The van der Waals surface area contributed by atoms with Crippen molar-refractivity contribution in [3.05, 3.63) is 83.8 Å². The van der Waals surface area contributed by atoms with Gasteiger partial charge in [0.2, 0.25) is 0 Å². The smallest absolute Gasteiger partial charge is 0.264 e. The second kappa shape index (κ2) is 8.56. The molecule has 0 aliphatic carbocycles. The Kier molecular flexibility index (Phi) is 5.84. The number of carbonyl (C=O) groups is 1. The first-order chi connectivity index (χ1) is 14.9. The Morgan fingerprint density at radius 3 is 2.68 bits per heavy atom. The van der Waals surface area contributed by atoms with Crippen molar-refractivity contribution >= 4 is 21.6 Å². The molecule has 1 N–H and O–H groups in total. The summed E-state index contributed by atoms with van der Waals surface area (Å²) < 4.78 is 33.4. The SMILES string of the molecule is CN(C)C(CNC(=O)c1cccc(S(=O)(=O)N2CCc3ccccc32)c1)c1ccco1. The molecule has 31 heavy (non-hydrogen) atoms. The van der Waals surface area contributed by atoms with Crippen LogP contribution >= 0.6 is 0 Å². The quantitative estimate of drug-likeness (QED) is 0.612. The Morgan fingerprint density at radius 1 is 1.13 bits per heavy atom. The fourth-order valence-corrected chi connectivity index (χ4v) is 5.34. The Bertz CT molecular complexity index is 1170. The fourth-order valence-electron chi connectivity index (χ4n) is 3.79. The van der Waals surface area contributed by atoms with E-state index in [1.165, 1.54) is 16.4 Å². The lowest BCUT2D eigenvalue weighted by Gasteiger charge is -2.23. The molecule has 0 saturated heterocycles. The first-order valence-electron chi connectivity index (χ1n) is 10.1. The number of benzene rings is 2. The summed E-state index contributed by atoms with van der Waals surface area (Å²) in [5.74, 6) is 0.409. The molecule has 1 aromatic heterocycles. The molecular weight excluding hydrogens is 414 g/mol. The summed E-state index contributed by atoms with van der Waals surface area (Å²) in [6, 6.07) is 17.2. The summed E-state index contributed by atoms with van der Waals surface area (Å²) in [5, 5.41) is 2.88. The Morgan fingerprint density at radius 2 is 1.94 bits per heavy atom. The van der Waals surface area contributed by atoms with Crippen LogP contribution in [0.1, 0.15) is 27.7 Å². The number of hydrogen-bond acceptors (Lipinski definition) is 5. The van der Waals surface area contributed by atoms with Crippen molar-refractivity contribution in [2.75, 3.05) is 31.5 Å². The summed E-state index contributed by atoms with van der Waals surface area (Å²) in [5.41, 5.74) is 2.00. The predicted octanol–water partition coefficient (Wildman–Crippen LogP) is 3.06. The van der Waals surface area contributed by atoms with E-state index in [-0.39, 0.29) is 16.8 Å². The van der Waals surface area contributed by atoms with Crippen LogP contribution in [-0.2, 0) is 16.4 Å². The Hall–Kier alpha value is -3.10. The molecule has 0 bridgehead atoms. The van der Waals surface area contributed by atoms with E-state index in [0.717, 1.165) is 11.3 Å². The fraction of sp³-hybridized carbons (Fsp3) is 0.261. The molecule has 8 heteroatoms. The molecule has 2 heterocycles. The highest BCUT2D eigenvalue weighted by molar-refractivity contribution is 7.92. The first-order valence-corrected chi connectivity index (χ1v) is 11.5. The molecule has 3 aromatic rings. The molecule has 1 atom stereocenters. The lowest BCUT2D eigenvalue weighted by atomic mass is 10.2. The highest BCUT2D eigenvalue weighted by Gasteiger charge is 2.31. The topological polar surface area (TPSA) is 82.9 Å². The maximum absolute atomic E-state index is 13.3. The summed E-state index contributed by atoms with van der Waals surface area (Å²) in [6.07, 6.45) is 2.27. The highest BCUT2D eigenvalue weighted by atomic mass is 32.2. The number of sulfonamides is 1. The van der Waals surface area contributed by atoms with E-state index in [0.29, 0.717) is 30.8 Å². The van der Waals surface area contributed by atoms with E-state index < -0.39 is 10.0 Å². The monoisotopic (exact) mass is 439 g/mol. The van der Waals surface area contributed by atoms with E-state index >= 15 is 0 Å². The summed E-state index contributed by atoms with van der Waals surface area (Å²) >= 11 is 0. The zero-order valence-electron chi connectivity index (χ0n) is 17.5. The van der Waals surface area contributed by atoms with Crippen LogP contribution in [0.15, 0.2) is 76.2 Å². The van der Waals surface area contributed by atoms with Crippen LogP contribution in [0.5, 0.6) is 0 Å². The van der Waals surface area contributed by atoms with Crippen LogP contribution in [0.4, 0.5) is 5.69 Å². The molecule has 0 radical (unpaired) electrons. The van der Waals surface area contributed by atoms with E-state index in [4.69, 9.17) is 4.42 Å². The van der Waals surface area contributed by atoms with Crippen molar-refractivity contribution in [3.63, 3.8) is 0 Å². The molecule has 2 aromatic carbocycles. The molecule has 0 saturated carbocycles. The zero-order chi connectivity index (χ0) is 22.0. The van der Waals surface area contributed by atoms with Gasteiger partial charge in [0, 0.05) is 18.7 Å². The van der Waals surface area contributed by atoms with Crippen LogP contribution in [0.3, 0.4) is 0 Å². The second-order valence-electron chi connectivity index (χ2n) is 7.69. The third-order valence-corrected chi connectivity index (χ3v) is 7.29. The number of carbonyl (C=O) groups excluding carboxylic acids is 1. The van der Waals surface area contributed by atoms with Gasteiger partial charge in [-0.1, -0.05) is 24.3 Å². The number of likely N-dealkylation sites (N-methyl/N-ethyl adjacent to an activating group) is 1. The van der Waals surface area contributed by atoms with Crippen molar-refractivity contribution in [2.45, 2.75) is 17.4 Å². The standard InChI is InChI=1S/C23H25N3O4S/c1-25(2)21(22-11-6-14-30-22)16-24-23(27)18-8-5-9-19(15-18)31(28,29)26-13-12-17-7-3-4-10-20(17)26/h3-11,14-15,21H,12-13,16H2,1-2H3,(H,24,27). The van der Waals surface area contributed by atoms with Crippen molar-refractivity contribution in [1.29, 1.82) is 0 Å². The number of hydrogen-bond donors (Lipinski definition) is 1. The van der Waals surface area contributed by atoms with Crippen molar-refractivity contribution in [2.24, 2.45) is 0 Å². The van der Waals surface area contributed by atoms with Crippen LogP contribution in [0.25, 0.3) is 0 Å². The summed E-state index contributed by atoms with van der Waals surface area (Å²) in [4.78, 5) is 14.8. The predicted molar refractivity (Wildman–Crippen MR) is 119 cm³/mol. The lowest BCUT2D eigenvalue weighted by Crippen LogP contribution is -2.34. The van der Waals surface area contributed by atoms with Crippen LogP contribution < -0.4 is 9.62 Å². The van der Waals surface area contributed by atoms with Gasteiger partial charge in [0.1, 0.15) is 5.76 Å². The molecule has 1 aliphatic rings. The van der Waals surface area contributed by atoms with Crippen molar-refractivity contribution < 1.29 is 17.6 Å². The van der Waals surface area contributed by atoms with Crippen molar-refractivity contribution in [1.82, 2.24) is 10.2 Å². The molecule has 4 rings (SSSR count). The third-order valence-electron chi connectivity index (χ3n) is 5.48. The van der Waals surface area contributed by atoms with Crippen molar-refractivity contribution in [3.8, 4) is 0 Å². The van der Waals surface area contributed by atoms with Crippen LogP contribution in [0, 0.1) is 0 Å². The lowest BCUT2D eigenvalue weighted by molar-refractivity contribution is 0.0939. The van der Waals surface area contributed by atoms with E-state index in [1.54, 1.807) is 24.5 Å². The van der Waals surface area contributed by atoms with Gasteiger partial charge in [0.25, 0.3) is 15.9 Å². The van der Waals surface area contributed by atoms with Gasteiger partial charge in [-0.25, -0.2) is 8.42 Å². The van der Waals surface area contributed by atoms with Gasteiger partial charge in [0.05, 0.1) is 22.9 Å². The van der Waals surface area contributed by atoms with Crippen LogP contribution in [0.2, 0.25) is 0 Å². The molecule has 1 unspecified atom stereocenters.